The van der Waals surface area contributed by atoms with E-state index in [2.05, 4.69) is 25.4 Å². The van der Waals surface area contributed by atoms with E-state index >= 15 is 0 Å². The number of hydrogen-bond donors (Lipinski definition) is 0. The molecule has 2 aromatic heterocycles. The zero-order valence-corrected chi connectivity index (χ0v) is 17.9. The highest BCUT2D eigenvalue weighted by atomic mass is 16.2. The lowest BCUT2D eigenvalue weighted by atomic mass is 10.0. The Kier molecular flexibility index (Phi) is 5.71. The fraction of sp³-hybridized carbons (Fsp3) is 0.240. The van der Waals surface area contributed by atoms with Gasteiger partial charge in [0.05, 0.1) is 12.0 Å². The summed E-state index contributed by atoms with van der Waals surface area (Å²) < 4.78 is 4.58. The standard InChI is InChI=1S/C25H26N4O2/c1-4-15-27-17-26-23-22(27)24(30)28(16-14-19-8-6-5-7-9-19)25(31)29(23)21-12-10-20(11-13-21)18(2)3/h4-13,17-18H,1,14-16H2,2-3H3. The molecule has 0 aliphatic carbocycles. The van der Waals surface area contributed by atoms with Gasteiger partial charge in [-0.1, -0.05) is 62.4 Å². The van der Waals surface area contributed by atoms with Crippen molar-refractivity contribution in [3.05, 3.63) is 106 Å². The molecule has 4 rings (SSSR count). The molecule has 0 amide bonds. The summed E-state index contributed by atoms with van der Waals surface area (Å²) in [5.41, 5.74) is 3.01. The first-order valence-corrected chi connectivity index (χ1v) is 10.5. The molecule has 0 spiro atoms. The van der Waals surface area contributed by atoms with Gasteiger partial charge in [0.15, 0.2) is 11.2 Å². The molecule has 0 aliphatic heterocycles. The van der Waals surface area contributed by atoms with E-state index in [1.807, 2.05) is 54.6 Å². The minimum atomic E-state index is -0.380. The van der Waals surface area contributed by atoms with Crippen molar-refractivity contribution in [3.63, 3.8) is 0 Å². The van der Waals surface area contributed by atoms with Crippen LogP contribution in [0.25, 0.3) is 16.9 Å². The molecule has 2 heterocycles. The maximum Gasteiger partial charge on any atom is 0.337 e. The highest BCUT2D eigenvalue weighted by molar-refractivity contribution is 5.72. The molecule has 0 fully saturated rings. The average Bonchev–Trinajstić information content (AvgIpc) is 3.18. The minimum absolute atomic E-state index is 0.293. The first-order valence-electron chi connectivity index (χ1n) is 10.5. The van der Waals surface area contributed by atoms with Gasteiger partial charge in [0.2, 0.25) is 0 Å². The highest BCUT2D eigenvalue weighted by Gasteiger charge is 2.19. The van der Waals surface area contributed by atoms with Gasteiger partial charge in [-0.3, -0.25) is 9.36 Å². The van der Waals surface area contributed by atoms with Crippen LogP contribution in [0.15, 0.2) is 83.2 Å². The number of benzene rings is 2. The van der Waals surface area contributed by atoms with Crippen molar-refractivity contribution in [1.82, 2.24) is 18.7 Å². The second-order valence-corrected chi connectivity index (χ2v) is 7.91. The van der Waals surface area contributed by atoms with Crippen LogP contribution in [0, 0.1) is 0 Å². The van der Waals surface area contributed by atoms with Crippen molar-refractivity contribution in [2.24, 2.45) is 0 Å². The smallest absolute Gasteiger partial charge is 0.321 e. The molecule has 0 saturated carbocycles. The number of fused-ring (bicyclic) bond motifs is 1. The first kappa shape index (κ1) is 20.6. The summed E-state index contributed by atoms with van der Waals surface area (Å²) in [6.45, 7) is 8.75. The van der Waals surface area contributed by atoms with Crippen LogP contribution >= 0.6 is 0 Å². The Morgan fingerprint density at radius 3 is 2.39 bits per heavy atom. The Bertz CT molecular complexity index is 1330. The van der Waals surface area contributed by atoms with E-state index in [1.165, 1.54) is 14.7 Å². The lowest BCUT2D eigenvalue weighted by Crippen LogP contribution is -2.40. The topological polar surface area (TPSA) is 61.8 Å². The van der Waals surface area contributed by atoms with Gasteiger partial charge < -0.3 is 4.57 Å². The largest absolute Gasteiger partial charge is 0.337 e. The minimum Gasteiger partial charge on any atom is -0.321 e. The SMILES string of the molecule is C=CCn1cnc2c1c(=O)n(CCc1ccccc1)c(=O)n2-c1ccc(C(C)C)cc1. The molecule has 0 radical (unpaired) electrons. The van der Waals surface area contributed by atoms with Crippen LogP contribution in [0.5, 0.6) is 0 Å². The van der Waals surface area contributed by atoms with E-state index in [4.69, 9.17) is 0 Å². The summed E-state index contributed by atoms with van der Waals surface area (Å²) in [6, 6.07) is 17.7. The van der Waals surface area contributed by atoms with E-state index in [0.29, 0.717) is 42.3 Å². The molecule has 0 saturated heterocycles. The molecule has 0 unspecified atom stereocenters. The quantitative estimate of drug-likeness (QED) is 0.431. The average molecular weight is 415 g/mol. The van der Waals surface area contributed by atoms with E-state index in [-0.39, 0.29) is 11.2 Å². The summed E-state index contributed by atoms with van der Waals surface area (Å²) in [4.78, 5) is 31.2. The number of aryl methyl sites for hydroxylation is 1. The number of allylic oxidation sites excluding steroid dienone is 1. The Labute approximate surface area is 180 Å². The van der Waals surface area contributed by atoms with Crippen LogP contribution < -0.4 is 11.2 Å². The third kappa shape index (κ3) is 3.89. The summed E-state index contributed by atoms with van der Waals surface area (Å²) in [7, 11) is 0. The summed E-state index contributed by atoms with van der Waals surface area (Å²) in [6.07, 6.45) is 3.89. The Morgan fingerprint density at radius 2 is 1.74 bits per heavy atom. The normalized spacial score (nSPS) is 11.3. The van der Waals surface area contributed by atoms with Crippen LogP contribution in [0.4, 0.5) is 0 Å². The Morgan fingerprint density at radius 1 is 1.03 bits per heavy atom. The third-order valence-electron chi connectivity index (χ3n) is 5.51. The predicted molar refractivity (Wildman–Crippen MR) is 124 cm³/mol. The molecule has 0 N–H and O–H groups in total. The number of rotatable bonds is 7. The van der Waals surface area contributed by atoms with E-state index < -0.39 is 0 Å². The van der Waals surface area contributed by atoms with Gasteiger partial charge in [0.1, 0.15) is 0 Å². The molecule has 0 aliphatic rings. The molecule has 158 valence electrons. The number of imidazole rings is 1. The maximum absolute atomic E-state index is 13.5. The van der Waals surface area contributed by atoms with Gasteiger partial charge in [0.25, 0.3) is 5.56 Å². The van der Waals surface area contributed by atoms with Crippen LogP contribution in [0.2, 0.25) is 0 Å². The molecule has 4 aromatic rings. The number of nitrogens with zero attached hydrogens (tertiary/aromatic N) is 4. The van der Waals surface area contributed by atoms with Crippen molar-refractivity contribution in [2.45, 2.75) is 39.3 Å². The fourth-order valence-electron chi connectivity index (χ4n) is 3.78. The van der Waals surface area contributed by atoms with E-state index in [1.54, 1.807) is 17.0 Å². The fourth-order valence-corrected chi connectivity index (χ4v) is 3.78. The summed E-state index contributed by atoms with van der Waals surface area (Å²) >= 11 is 0. The van der Waals surface area contributed by atoms with Crippen LogP contribution in [-0.2, 0) is 19.5 Å². The van der Waals surface area contributed by atoms with Gasteiger partial charge in [-0.15, -0.1) is 6.58 Å². The van der Waals surface area contributed by atoms with Gasteiger partial charge in [0, 0.05) is 13.1 Å². The monoisotopic (exact) mass is 414 g/mol. The summed E-state index contributed by atoms with van der Waals surface area (Å²) in [5.74, 6) is 0.386. The Hall–Kier alpha value is -3.67. The molecular formula is C25H26N4O2. The van der Waals surface area contributed by atoms with Crippen molar-refractivity contribution < 1.29 is 0 Å². The van der Waals surface area contributed by atoms with Crippen LogP contribution in [0.1, 0.15) is 30.9 Å². The van der Waals surface area contributed by atoms with E-state index in [9.17, 15) is 9.59 Å². The third-order valence-corrected chi connectivity index (χ3v) is 5.51. The zero-order chi connectivity index (χ0) is 22.0. The highest BCUT2D eigenvalue weighted by Crippen LogP contribution is 2.18. The van der Waals surface area contributed by atoms with Crippen LogP contribution in [0.3, 0.4) is 0 Å². The zero-order valence-electron chi connectivity index (χ0n) is 17.9. The predicted octanol–water partition coefficient (Wildman–Crippen LogP) is 3.90. The van der Waals surface area contributed by atoms with Gasteiger partial charge in [-0.25, -0.2) is 14.3 Å². The van der Waals surface area contributed by atoms with Gasteiger partial charge in [-0.05, 0) is 35.6 Å². The van der Waals surface area contributed by atoms with E-state index in [0.717, 1.165) is 5.56 Å². The first-order chi connectivity index (χ1) is 15.0. The Balaban J connectivity index is 1.90. The number of hydrogen-bond acceptors (Lipinski definition) is 3. The lowest BCUT2D eigenvalue weighted by Gasteiger charge is -2.13. The van der Waals surface area contributed by atoms with Crippen molar-refractivity contribution in [3.8, 4) is 5.69 Å². The second kappa shape index (κ2) is 8.60. The summed E-state index contributed by atoms with van der Waals surface area (Å²) in [5, 5.41) is 0. The van der Waals surface area contributed by atoms with Gasteiger partial charge in [-0.2, -0.15) is 0 Å². The van der Waals surface area contributed by atoms with Gasteiger partial charge >= 0.3 is 5.69 Å². The number of aromatic nitrogens is 4. The molecular weight excluding hydrogens is 388 g/mol. The maximum atomic E-state index is 13.5. The molecule has 31 heavy (non-hydrogen) atoms. The van der Waals surface area contributed by atoms with Crippen molar-refractivity contribution in [2.75, 3.05) is 0 Å². The molecule has 6 nitrogen and oxygen atoms in total. The second-order valence-electron chi connectivity index (χ2n) is 7.91. The van der Waals surface area contributed by atoms with Crippen molar-refractivity contribution >= 4 is 11.2 Å². The molecule has 0 atom stereocenters. The van der Waals surface area contributed by atoms with Crippen LogP contribution in [-0.4, -0.2) is 18.7 Å². The molecule has 0 bridgehead atoms. The lowest BCUT2D eigenvalue weighted by molar-refractivity contribution is 0.615. The molecule has 2 aromatic carbocycles. The molecule has 6 heteroatoms. The van der Waals surface area contributed by atoms with Crippen molar-refractivity contribution in [1.29, 1.82) is 0 Å².